The first kappa shape index (κ1) is 7.34. The zero-order valence-electron chi connectivity index (χ0n) is 6.60. The number of imidazole rings is 1. The van der Waals surface area contributed by atoms with E-state index in [1.54, 1.807) is 12.5 Å². The Balaban J connectivity index is 2.20. The van der Waals surface area contributed by atoms with Gasteiger partial charge in [0, 0.05) is 24.9 Å². The maximum Gasteiger partial charge on any atom is 0.306 e. The van der Waals surface area contributed by atoms with Gasteiger partial charge in [0.15, 0.2) is 0 Å². The molecule has 0 aliphatic carbocycles. The molecule has 64 valence electrons. The number of fused-ring (bicyclic) bond motifs is 1. The predicted molar refractivity (Wildman–Crippen MR) is 41.7 cm³/mol. The zero-order valence-corrected chi connectivity index (χ0v) is 6.60. The lowest BCUT2D eigenvalue weighted by atomic mass is 9.97. The molecule has 0 aromatic carbocycles. The molecule has 12 heavy (non-hydrogen) atoms. The quantitative estimate of drug-likeness (QED) is 0.662. The number of carboxylic acid groups (broad SMARTS) is 1. The van der Waals surface area contributed by atoms with E-state index in [2.05, 4.69) is 4.98 Å². The van der Waals surface area contributed by atoms with E-state index in [0.29, 0.717) is 6.42 Å². The fraction of sp³-hybridized carbons (Fsp3) is 0.500. The molecular weight excluding hydrogens is 156 g/mol. The second-order valence-electron chi connectivity index (χ2n) is 3.11. The minimum atomic E-state index is -0.692. The second kappa shape index (κ2) is 2.62. The minimum Gasteiger partial charge on any atom is -0.481 e. The Bertz CT molecular complexity index is 306. The largest absolute Gasteiger partial charge is 0.481 e. The third-order valence-corrected chi connectivity index (χ3v) is 2.32. The molecule has 1 atom stereocenters. The molecule has 4 nitrogen and oxygen atoms in total. The van der Waals surface area contributed by atoms with Crippen molar-refractivity contribution in [2.45, 2.75) is 19.4 Å². The summed E-state index contributed by atoms with van der Waals surface area (Å²) in [7, 11) is 0. The second-order valence-corrected chi connectivity index (χ2v) is 3.11. The van der Waals surface area contributed by atoms with Crippen LogP contribution in [0.4, 0.5) is 0 Å². The molecule has 2 rings (SSSR count). The normalized spacial score (nSPS) is 21.8. The van der Waals surface area contributed by atoms with E-state index in [4.69, 9.17) is 5.11 Å². The molecule has 1 unspecified atom stereocenters. The maximum atomic E-state index is 10.7. The molecular formula is C8H10N2O2. The molecule has 0 bridgehead atoms. The van der Waals surface area contributed by atoms with Gasteiger partial charge in [-0.15, -0.1) is 0 Å². The van der Waals surface area contributed by atoms with Gasteiger partial charge in [-0.25, -0.2) is 4.98 Å². The van der Waals surface area contributed by atoms with Crippen LogP contribution in [0.1, 0.15) is 12.1 Å². The van der Waals surface area contributed by atoms with Crippen molar-refractivity contribution in [2.24, 2.45) is 5.92 Å². The van der Waals surface area contributed by atoms with E-state index < -0.39 is 5.97 Å². The Morgan fingerprint density at radius 3 is 3.33 bits per heavy atom. The molecule has 1 aromatic rings. The first-order valence-electron chi connectivity index (χ1n) is 3.99. The molecule has 0 saturated carbocycles. The van der Waals surface area contributed by atoms with Gasteiger partial charge < -0.3 is 9.67 Å². The fourth-order valence-electron chi connectivity index (χ4n) is 1.58. The molecule has 2 heterocycles. The van der Waals surface area contributed by atoms with E-state index in [0.717, 1.165) is 18.7 Å². The van der Waals surface area contributed by atoms with E-state index >= 15 is 0 Å². The Hall–Kier alpha value is -1.32. The van der Waals surface area contributed by atoms with Gasteiger partial charge in [0.25, 0.3) is 0 Å². The number of aliphatic carboxylic acids is 1. The molecule has 1 aliphatic heterocycles. The molecule has 0 radical (unpaired) electrons. The third kappa shape index (κ3) is 1.09. The predicted octanol–water partition coefficient (Wildman–Crippen LogP) is 0.530. The maximum absolute atomic E-state index is 10.7. The smallest absolute Gasteiger partial charge is 0.306 e. The van der Waals surface area contributed by atoms with Crippen molar-refractivity contribution in [2.75, 3.05) is 0 Å². The number of carbonyl (C=O) groups is 1. The summed E-state index contributed by atoms with van der Waals surface area (Å²) in [6, 6.07) is 0. The summed E-state index contributed by atoms with van der Waals surface area (Å²) >= 11 is 0. The van der Waals surface area contributed by atoms with Crippen molar-refractivity contribution >= 4 is 5.97 Å². The summed E-state index contributed by atoms with van der Waals surface area (Å²) in [5.41, 5.74) is 1.04. The van der Waals surface area contributed by atoms with Crippen molar-refractivity contribution in [3.05, 3.63) is 18.2 Å². The van der Waals surface area contributed by atoms with Gasteiger partial charge in [0.1, 0.15) is 0 Å². The summed E-state index contributed by atoms with van der Waals surface area (Å²) < 4.78 is 2.01. The third-order valence-electron chi connectivity index (χ3n) is 2.32. The monoisotopic (exact) mass is 166 g/mol. The van der Waals surface area contributed by atoms with Gasteiger partial charge in [-0.2, -0.15) is 0 Å². The molecule has 1 aliphatic rings. The van der Waals surface area contributed by atoms with E-state index in [9.17, 15) is 4.79 Å². The van der Waals surface area contributed by atoms with Crippen molar-refractivity contribution in [1.82, 2.24) is 9.55 Å². The number of carboxylic acids is 1. The standard InChI is InChI=1S/C8H10N2O2/c11-8(12)6-1-2-10-5-9-4-7(10)3-6/h4-6H,1-3H2,(H,11,12). The Morgan fingerprint density at radius 2 is 2.58 bits per heavy atom. The van der Waals surface area contributed by atoms with Crippen LogP contribution in [0, 0.1) is 5.92 Å². The van der Waals surface area contributed by atoms with Gasteiger partial charge >= 0.3 is 5.97 Å². The number of nitrogens with zero attached hydrogens (tertiary/aromatic N) is 2. The summed E-state index contributed by atoms with van der Waals surface area (Å²) in [5.74, 6) is -0.906. The van der Waals surface area contributed by atoms with Crippen LogP contribution in [0.25, 0.3) is 0 Å². The zero-order chi connectivity index (χ0) is 8.55. The van der Waals surface area contributed by atoms with Gasteiger partial charge in [0.2, 0.25) is 0 Å². The van der Waals surface area contributed by atoms with Crippen molar-refractivity contribution in [3.63, 3.8) is 0 Å². The van der Waals surface area contributed by atoms with E-state index in [1.165, 1.54) is 0 Å². The highest BCUT2D eigenvalue weighted by Crippen LogP contribution is 2.19. The summed E-state index contributed by atoms with van der Waals surface area (Å²) in [4.78, 5) is 14.6. The van der Waals surface area contributed by atoms with Gasteiger partial charge in [-0.05, 0) is 6.42 Å². The van der Waals surface area contributed by atoms with Crippen LogP contribution in [0.2, 0.25) is 0 Å². The lowest BCUT2D eigenvalue weighted by Gasteiger charge is -2.19. The van der Waals surface area contributed by atoms with Crippen molar-refractivity contribution in [1.29, 1.82) is 0 Å². The van der Waals surface area contributed by atoms with Crippen LogP contribution < -0.4 is 0 Å². The molecule has 4 heteroatoms. The fourth-order valence-corrected chi connectivity index (χ4v) is 1.58. The molecule has 1 N–H and O–H groups in total. The van der Waals surface area contributed by atoms with Gasteiger partial charge in [-0.3, -0.25) is 4.79 Å². The van der Waals surface area contributed by atoms with Crippen LogP contribution in [0.15, 0.2) is 12.5 Å². The topological polar surface area (TPSA) is 55.1 Å². The van der Waals surface area contributed by atoms with E-state index in [-0.39, 0.29) is 5.92 Å². The van der Waals surface area contributed by atoms with E-state index in [1.807, 2.05) is 4.57 Å². The lowest BCUT2D eigenvalue weighted by molar-refractivity contribution is -0.142. The molecule has 0 saturated heterocycles. The molecule has 1 aromatic heterocycles. The molecule has 0 spiro atoms. The number of aryl methyl sites for hydroxylation is 1. The lowest BCUT2D eigenvalue weighted by Crippen LogP contribution is -2.24. The van der Waals surface area contributed by atoms with Crippen molar-refractivity contribution in [3.8, 4) is 0 Å². The summed E-state index contributed by atoms with van der Waals surface area (Å²) in [6.45, 7) is 0.784. The Morgan fingerprint density at radius 1 is 1.75 bits per heavy atom. The first-order valence-corrected chi connectivity index (χ1v) is 3.99. The number of hydrogen-bond donors (Lipinski definition) is 1. The van der Waals surface area contributed by atoms with Crippen LogP contribution in [-0.2, 0) is 17.8 Å². The highest BCUT2D eigenvalue weighted by atomic mass is 16.4. The van der Waals surface area contributed by atoms with Crippen LogP contribution in [-0.4, -0.2) is 20.6 Å². The summed E-state index contributed by atoms with van der Waals surface area (Å²) in [6.07, 6.45) is 4.84. The highest BCUT2D eigenvalue weighted by Gasteiger charge is 2.23. The van der Waals surface area contributed by atoms with Gasteiger partial charge in [-0.1, -0.05) is 0 Å². The van der Waals surface area contributed by atoms with Crippen LogP contribution >= 0.6 is 0 Å². The number of hydrogen-bond acceptors (Lipinski definition) is 2. The minimum absolute atomic E-state index is 0.214. The highest BCUT2D eigenvalue weighted by molar-refractivity contribution is 5.70. The average Bonchev–Trinajstić information content (AvgIpc) is 2.49. The summed E-state index contributed by atoms with van der Waals surface area (Å²) in [5, 5.41) is 8.77. The van der Waals surface area contributed by atoms with Gasteiger partial charge in [0.05, 0.1) is 12.2 Å². The Labute approximate surface area is 69.8 Å². The van der Waals surface area contributed by atoms with Crippen LogP contribution in [0.3, 0.4) is 0 Å². The number of aromatic nitrogens is 2. The van der Waals surface area contributed by atoms with Crippen molar-refractivity contribution < 1.29 is 9.90 Å². The Kier molecular flexibility index (Phi) is 1.60. The molecule has 0 amide bonds. The average molecular weight is 166 g/mol. The molecule has 0 fully saturated rings. The number of rotatable bonds is 1. The van der Waals surface area contributed by atoms with Crippen LogP contribution in [0.5, 0.6) is 0 Å². The SMILES string of the molecule is O=C(O)C1CCn2cncc2C1. The first-order chi connectivity index (χ1) is 5.77.